The second-order valence-corrected chi connectivity index (χ2v) is 14.7. The Morgan fingerprint density at radius 2 is 0.548 bits per heavy atom. The standard InChI is InChI=1S/C55H35N7/c56-36-37-17-13-26-42(33-37)47-31-16-32-48(43-27-14-29-45(34-43)54-59-50(38-18-5-1-6-19-38)57-51(60-54)39-20-7-2-8-21-39)49(47)44-28-15-30-46(35-44)55-61-52(40-22-9-3-10-23-40)58-53(62-55)41-24-11-4-12-25-41/h1-35H. The summed E-state index contributed by atoms with van der Waals surface area (Å²) in [6.07, 6.45) is 0. The first kappa shape index (κ1) is 37.5. The number of aromatic nitrogens is 6. The van der Waals surface area contributed by atoms with E-state index in [1.54, 1.807) is 0 Å². The van der Waals surface area contributed by atoms with Gasteiger partial charge in [-0.25, -0.2) is 29.9 Å². The average Bonchev–Trinajstić information content (AvgIpc) is 3.37. The van der Waals surface area contributed by atoms with Crippen LogP contribution in [0.3, 0.4) is 0 Å². The van der Waals surface area contributed by atoms with Crippen molar-refractivity contribution >= 4 is 0 Å². The van der Waals surface area contributed by atoms with Crippen molar-refractivity contribution in [3.63, 3.8) is 0 Å². The summed E-state index contributed by atoms with van der Waals surface area (Å²) in [6.45, 7) is 0. The Hall–Kier alpha value is -8.73. The molecule has 0 saturated carbocycles. The average molecular weight is 794 g/mol. The number of nitrogens with zero attached hydrogens (tertiary/aromatic N) is 7. The van der Waals surface area contributed by atoms with E-state index in [1.165, 1.54) is 0 Å². The van der Waals surface area contributed by atoms with Crippen molar-refractivity contribution in [2.24, 2.45) is 0 Å². The molecule has 8 aromatic carbocycles. The van der Waals surface area contributed by atoms with E-state index >= 15 is 0 Å². The maximum Gasteiger partial charge on any atom is 0.164 e. The zero-order chi connectivity index (χ0) is 41.7. The van der Waals surface area contributed by atoms with Gasteiger partial charge in [0.2, 0.25) is 0 Å². The Labute approximate surface area is 359 Å². The van der Waals surface area contributed by atoms with Crippen molar-refractivity contribution in [3.8, 4) is 108 Å². The van der Waals surface area contributed by atoms with Gasteiger partial charge >= 0.3 is 0 Å². The Morgan fingerprint density at radius 1 is 0.258 bits per heavy atom. The maximum absolute atomic E-state index is 9.94. The zero-order valence-corrected chi connectivity index (χ0v) is 33.3. The summed E-state index contributed by atoms with van der Waals surface area (Å²) in [4.78, 5) is 30.0. The van der Waals surface area contributed by atoms with E-state index in [0.717, 1.165) is 66.8 Å². The molecule has 62 heavy (non-hydrogen) atoms. The molecule has 0 N–H and O–H groups in total. The van der Waals surface area contributed by atoms with Gasteiger partial charge in [0.15, 0.2) is 34.9 Å². The van der Waals surface area contributed by atoms with Crippen LogP contribution >= 0.6 is 0 Å². The number of hydrogen-bond donors (Lipinski definition) is 0. The van der Waals surface area contributed by atoms with Crippen LogP contribution in [0.25, 0.3) is 102 Å². The fourth-order valence-corrected chi connectivity index (χ4v) is 7.62. The number of rotatable bonds is 9. The highest BCUT2D eigenvalue weighted by atomic mass is 15.0. The molecule has 0 aliphatic heterocycles. The molecule has 10 aromatic rings. The molecule has 0 fully saturated rings. The molecule has 0 radical (unpaired) electrons. The first-order valence-corrected chi connectivity index (χ1v) is 20.3. The van der Waals surface area contributed by atoms with Crippen molar-refractivity contribution in [2.45, 2.75) is 0 Å². The molecule has 0 saturated heterocycles. The SMILES string of the molecule is N#Cc1cccc(-c2cccc(-c3cccc(-c4nc(-c5ccccc5)nc(-c5ccccc5)n4)c3)c2-c2cccc(-c3nc(-c4ccccc4)nc(-c4ccccc4)n3)c2)c1. The lowest BCUT2D eigenvalue weighted by Gasteiger charge is -2.18. The first-order valence-electron chi connectivity index (χ1n) is 20.3. The zero-order valence-electron chi connectivity index (χ0n) is 33.3. The predicted octanol–water partition coefficient (Wildman–Crippen LogP) is 12.9. The third kappa shape index (κ3) is 7.75. The van der Waals surface area contributed by atoms with Crippen molar-refractivity contribution < 1.29 is 0 Å². The molecule has 0 aliphatic carbocycles. The Balaban J connectivity index is 1.15. The smallest absolute Gasteiger partial charge is 0.164 e. The minimum absolute atomic E-state index is 0.560. The maximum atomic E-state index is 9.94. The summed E-state index contributed by atoms with van der Waals surface area (Å²) < 4.78 is 0. The van der Waals surface area contributed by atoms with E-state index in [0.29, 0.717) is 40.5 Å². The molecule has 0 unspecified atom stereocenters. The van der Waals surface area contributed by atoms with Crippen molar-refractivity contribution in [1.29, 1.82) is 5.26 Å². The normalized spacial score (nSPS) is 10.9. The molecule has 290 valence electrons. The largest absolute Gasteiger partial charge is 0.208 e. The second kappa shape index (κ2) is 16.9. The molecule has 0 aliphatic rings. The molecule has 2 aromatic heterocycles. The minimum atomic E-state index is 0.560. The molecule has 0 atom stereocenters. The van der Waals surface area contributed by atoms with Gasteiger partial charge in [0, 0.05) is 33.4 Å². The van der Waals surface area contributed by atoms with Crippen LogP contribution in [0.1, 0.15) is 5.56 Å². The summed E-state index contributed by atoms with van der Waals surface area (Å²) >= 11 is 0. The number of hydrogen-bond acceptors (Lipinski definition) is 7. The van der Waals surface area contributed by atoms with Crippen LogP contribution < -0.4 is 0 Å². The monoisotopic (exact) mass is 793 g/mol. The molecule has 2 heterocycles. The van der Waals surface area contributed by atoms with Crippen molar-refractivity contribution in [3.05, 3.63) is 218 Å². The Kier molecular flexibility index (Phi) is 10.2. The fraction of sp³-hybridized carbons (Fsp3) is 0. The first-order chi connectivity index (χ1) is 30.7. The molecule has 0 bridgehead atoms. The van der Waals surface area contributed by atoms with E-state index in [2.05, 4.69) is 54.6 Å². The van der Waals surface area contributed by atoms with E-state index in [1.807, 2.05) is 164 Å². The lowest BCUT2D eigenvalue weighted by molar-refractivity contribution is 1.07. The van der Waals surface area contributed by atoms with E-state index in [9.17, 15) is 5.26 Å². The molecule has 10 rings (SSSR count). The summed E-state index contributed by atoms with van der Waals surface area (Å²) in [6, 6.07) is 73.0. The van der Waals surface area contributed by atoms with E-state index in [-0.39, 0.29) is 0 Å². The second-order valence-electron chi connectivity index (χ2n) is 14.7. The summed E-state index contributed by atoms with van der Waals surface area (Å²) in [5.41, 5.74) is 11.7. The van der Waals surface area contributed by atoms with Gasteiger partial charge in [0.25, 0.3) is 0 Å². The van der Waals surface area contributed by atoms with Crippen LogP contribution in [0.4, 0.5) is 0 Å². The van der Waals surface area contributed by atoms with Crippen LogP contribution in [-0.2, 0) is 0 Å². The van der Waals surface area contributed by atoms with Gasteiger partial charge in [-0.05, 0) is 57.6 Å². The number of nitriles is 1. The minimum Gasteiger partial charge on any atom is -0.208 e. The van der Waals surface area contributed by atoms with Crippen molar-refractivity contribution in [1.82, 2.24) is 29.9 Å². The highest BCUT2D eigenvalue weighted by Gasteiger charge is 2.19. The third-order valence-corrected chi connectivity index (χ3v) is 10.6. The van der Waals surface area contributed by atoms with E-state index in [4.69, 9.17) is 29.9 Å². The lowest BCUT2D eigenvalue weighted by atomic mass is 9.86. The van der Waals surface area contributed by atoms with Gasteiger partial charge in [-0.3, -0.25) is 0 Å². The third-order valence-electron chi connectivity index (χ3n) is 10.6. The topological polar surface area (TPSA) is 101 Å². The predicted molar refractivity (Wildman–Crippen MR) is 247 cm³/mol. The lowest BCUT2D eigenvalue weighted by Crippen LogP contribution is -2.00. The number of benzene rings is 8. The quantitative estimate of drug-likeness (QED) is 0.143. The summed E-state index contributed by atoms with van der Waals surface area (Å²) in [7, 11) is 0. The highest BCUT2D eigenvalue weighted by Crippen LogP contribution is 2.42. The molecular formula is C55H35N7. The van der Waals surface area contributed by atoms with Crippen LogP contribution in [-0.4, -0.2) is 29.9 Å². The molecule has 0 amide bonds. The van der Waals surface area contributed by atoms with Crippen LogP contribution in [0.5, 0.6) is 0 Å². The van der Waals surface area contributed by atoms with Gasteiger partial charge < -0.3 is 0 Å². The van der Waals surface area contributed by atoms with Crippen LogP contribution in [0.15, 0.2) is 212 Å². The van der Waals surface area contributed by atoms with Crippen LogP contribution in [0.2, 0.25) is 0 Å². The van der Waals surface area contributed by atoms with E-state index < -0.39 is 0 Å². The van der Waals surface area contributed by atoms with Crippen molar-refractivity contribution in [2.75, 3.05) is 0 Å². The Morgan fingerprint density at radius 3 is 0.952 bits per heavy atom. The molecule has 7 nitrogen and oxygen atoms in total. The summed E-state index contributed by atoms with van der Waals surface area (Å²) in [5.74, 6) is 3.51. The molecule has 0 spiro atoms. The van der Waals surface area contributed by atoms with Gasteiger partial charge in [-0.1, -0.05) is 188 Å². The van der Waals surface area contributed by atoms with Gasteiger partial charge in [-0.15, -0.1) is 0 Å². The summed E-state index contributed by atoms with van der Waals surface area (Å²) in [5, 5.41) is 9.94. The fourth-order valence-electron chi connectivity index (χ4n) is 7.62. The van der Waals surface area contributed by atoms with Crippen LogP contribution in [0, 0.1) is 11.3 Å². The molecular weight excluding hydrogens is 759 g/mol. The van der Waals surface area contributed by atoms with Gasteiger partial charge in [0.1, 0.15) is 0 Å². The molecule has 7 heteroatoms. The Bertz CT molecular complexity index is 3120. The van der Waals surface area contributed by atoms with Gasteiger partial charge in [0.05, 0.1) is 11.6 Å². The van der Waals surface area contributed by atoms with Gasteiger partial charge in [-0.2, -0.15) is 5.26 Å². The highest BCUT2D eigenvalue weighted by molar-refractivity contribution is 5.96.